The van der Waals surface area contributed by atoms with E-state index in [-0.39, 0.29) is 11.5 Å². The Balaban J connectivity index is 0.000000192. The molecule has 8 heteroatoms. The maximum absolute atomic E-state index is 12.0. The number of phenolic OH excluding ortho intramolecular Hbond substituents is 2. The fraction of sp³-hybridized carbons (Fsp3) is 0.0732. The van der Waals surface area contributed by atoms with Gasteiger partial charge in [0.15, 0.2) is 0 Å². The van der Waals surface area contributed by atoms with E-state index in [1.807, 2.05) is 18.2 Å². The number of benzene rings is 6. The summed E-state index contributed by atoms with van der Waals surface area (Å²) in [7, 11) is 0. The average molecular weight is 655 g/mol. The van der Waals surface area contributed by atoms with Gasteiger partial charge in [-0.3, -0.25) is 0 Å². The molecular formula is C41H34O8. The SMILES string of the molecule is CCCc1cc(Oc2ccc(OC(=O)c3ccccc3)cc2)ccc1O.O=C(Oc1ccc(Oc2ccc(O)cc2)cc1)c1ccccc1. The molecule has 0 radical (unpaired) electrons. The molecular weight excluding hydrogens is 620 g/mol. The Bertz CT molecular complexity index is 1940. The van der Waals surface area contributed by atoms with Crippen molar-refractivity contribution in [2.45, 2.75) is 19.8 Å². The van der Waals surface area contributed by atoms with Crippen LogP contribution in [0.5, 0.6) is 46.0 Å². The van der Waals surface area contributed by atoms with Crippen LogP contribution in [0.3, 0.4) is 0 Å². The normalized spacial score (nSPS) is 10.2. The number of hydrogen-bond acceptors (Lipinski definition) is 8. The van der Waals surface area contributed by atoms with E-state index in [2.05, 4.69) is 6.92 Å². The highest BCUT2D eigenvalue weighted by molar-refractivity contribution is 5.91. The van der Waals surface area contributed by atoms with Gasteiger partial charge in [-0.25, -0.2) is 9.59 Å². The van der Waals surface area contributed by atoms with Gasteiger partial charge in [0.05, 0.1) is 11.1 Å². The molecule has 0 amide bonds. The molecule has 0 aromatic heterocycles. The number of esters is 2. The smallest absolute Gasteiger partial charge is 0.343 e. The van der Waals surface area contributed by atoms with Gasteiger partial charge in [0.2, 0.25) is 0 Å². The maximum Gasteiger partial charge on any atom is 0.343 e. The van der Waals surface area contributed by atoms with Crippen LogP contribution < -0.4 is 18.9 Å². The van der Waals surface area contributed by atoms with Crippen LogP contribution in [0.1, 0.15) is 39.6 Å². The second-order valence-corrected chi connectivity index (χ2v) is 10.7. The Labute approximate surface area is 284 Å². The Kier molecular flexibility index (Phi) is 11.6. The first-order chi connectivity index (χ1) is 23.9. The molecule has 49 heavy (non-hydrogen) atoms. The number of aromatic hydroxyl groups is 2. The Hall–Kier alpha value is -6.54. The standard InChI is InChI=1S/C22H20O4.C19H14O4/c1-2-6-17-15-20(13-14-21(17)23)25-18-9-11-19(12-10-18)26-22(24)16-7-4-3-5-8-16;20-15-6-8-16(9-7-15)22-17-10-12-18(13-11-17)23-19(21)14-4-2-1-3-5-14/h3-5,7-15,23H,2,6H2,1H3;1-13,20H. The van der Waals surface area contributed by atoms with Crippen molar-refractivity contribution in [3.05, 3.63) is 168 Å². The second-order valence-electron chi connectivity index (χ2n) is 10.7. The molecule has 246 valence electrons. The summed E-state index contributed by atoms with van der Waals surface area (Å²) in [4.78, 5) is 24.0. The quantitative estimate of drug-likeness (QED) is 0.111. The molecule has 0 unspecified atom stereocenters. The molecule has 8 nitrogen and oxygen atoms in total. The summed E-state index contributed by atoms with van der Waals surface area (Å²) in [6.45, 7) is 2.06. The summed E-state index contributed by atoms with van der Waals surface area (Å²) in [6.07, 6.45) is 1.73. The van der Waals surface area contributed by atoms with Crippen molar-refractivity contribution in [3.8, 4) is 46.0 Å². The third-order valence-electron chi connectivity index (χ3n) is 6.97. The summed E-state index contributed by atoms with van der Waals surface area (Å²) < 4.78 is 22.1. The van der Waals surface area contributed by atoms with Gasteiger partial charge in [0.25, 0.3) is 0 Å². The van der Waals surface area contributed by atoms with E-state index in [9.17, 15) is 19.8 Å². The summed E-state index contributed by atoms with van der Waals surface area (Å²) >= 11 is 0. The predicted octanol–water partition coefficient (Wildman–Crippen LogP) is 9.76. The van der Waals surface area contributed by atoms with Gasteiger partial charge in [-0.2, -0.15) is 0 Å². The number of aryl methyl sites for hydroxylation is 1. The fourth-order valence-corrected chi connectivity index (χ4v) is 4.51. The third kappa shape index (κ3) is 10.2. The van der Waals surface area contributed by atoms with Gasteiger partial charge < -0.3 is 29.2 Å². The molecule has 0 fully saturated rings. The molecule has 2 N–H and O–H groups in total. The van der Waals surface area contributed by atoms with E-state index in [0.717, 1.165) is 18.4 Å². The zero-order chi connectivity index (χ0) is 34.4. The van der Waals surface area contributed by atoms with Gasteiger partial charge in [-0.15, -0.1) is 0 Å². The molecule has 6 aromatic carbocycles. The van der Waals surface area contributed by atoms with Crippen molar-refractivity contribution < 1.29 is 38.7 Å². The van der Waals surface area contributed by atoms with Gasteiger partial charge in [0.1, 0.15) is 46.0 Å². The van der Waals surface area contributed by atoms with Crippen molar-refractivity contribution >= 4 is 11.9 Å². The van der Waals surface area contributed by atoms with E-state index in [1.165, 1.54) is 0 Å². The van der Waals surface area contributed by atoms with Crippen molar-refractivity contribution in [1.29, 1.82) is 0 Å². The average Bonchev–Trinajstić information content (AvgIpc) is 3.13. The first-order valence-corrected chi connectivity index (χ1v) is 15.6. The molecule has 0 atom stereocenters. The maximum atomic E-state index is 12.0. The number of carbonyl (C=O) groups is 2. The highest BCUT2D eigenvalue weighted by Gasteiger charge is 2.10. The molecule has 6 rings (SSSR count). The zero-order valence-corrected chi connectivity index (χ0v) is 26.7. The number of rotatable bonds is 10. The number of carbonyl (C=O) groups excluding carboxylic acids is 2. The molecule has 6 aromatic rings. The minimum absolute atomic E-state index is 0.181. The van der Waals surface area contributed by atoms with Crippen LogP contribution >= 0.6 is 0 Å². The summed E-state index contributed by atoms with van der Waals surface area (Å²) in [5.41, 5.74) is 1.86. The third-order valence-corrected chi connectivity index (χ3v) is 6.97. The van der Waals surface area contributed by atoms with E-state index in [4.69, 9.17) is 18.9 Å². The fourth-order valence-electron chi connectivity index (χ4n) is 4.51. The van der Waals surface area contributed by atoms with E-state index in [1.54, 1.807) is 133 Å². The monoisotopic (exact) mass is 654 g/mol. The molecule has 0 aliphatic rings. The van der Waals surface area contributed by atoms with Gasteiger partial charge in [-0.05, 0) is 127 Å². The first-order valence-electron chi connectivity index (χ1n) is 15.6. The number of ether oxygens (including phenoxy) is 4. The highest BCUT2D eigenvalue weighted by atomic mass is 16.5. The summed E-state index contributed by atoms with van der Waals surface area (Å²) in [5, 5.41) is 19.1. The molecule has 0 saturated heterocycles. The van der Waals surface area contributed by atoms with Crippen molar-refractivity contribution in [3.63, 3.8) is 0 Å². The Morgan fingerprint density at radius 1 is 0.490 bits per heavy atom. The molecule has 0 spiro atoms. The lowest BCUT2D eigenvalue weighted by Crippen LogP contribution is -2.07. The highest BCUT2D eigenvalue weighted by Crippen LogP contribution is 2.29. The second kappa shape index (κ2) is 16.9. The van der Waals surface area contributed by atoms with Gasteiger partial charge in [0, 0.05) is 0 Å². The minimum Gasteiger partial charge on any atom is -0.508 e. The van der Waals surface area contributed by atoms with Crippen LogP contribution in [0.2, 0.25) is 0 Å². The predicted molar refractivity (Wildman–Crippen MR) is 186 cm³/mol. The van der Waals surface area contributed by atoms with Crippen molar-refractivity contribution in [2.75, 3.05) is 0 Å². The van der Waals surface area contributed by atoms with Crippen LogP contribution in [-0.2, 0) is 6.42 Å². The van der Waals surface area contributed by atoms with Crippen molar-refractivity contribution in [2.24, 2.45) is 0 Å². The van der Waals surface area contributed by atoms with Gasteiger partial charge >= 0.3 is 11.9 Å². The van der Waals surface area contributed by atoms with Crippen LogP contribution in [0.25, 0.3) is 0 Å². The summed E-state index contributed by atoms with van der Waals surface area (Å²) in [6, 6.07) is 42.8. The molecule has 0 heterocycles. The summed E-state index contributed by atoms with van der Waals surface area (Å²) in [5.74, 6) is 3.04. The lowest BCUT2D eigenvalue weighted by atomic mass is 10.1. The topological polar surface area (TPSA) is 112 Å². The molecule has 0 bridgehead atoms. The number of phenols is 2. The molecule has 0 aliphatic heterocycles. The first kappa shape index (κ1) is 33.8. The number of hydrogen-bond donors (Lipinski definition) is 2. The Morgan fingerprint density at radius 2 is 0.878 bits per heavy atom. The molecule has 0 saturated carbocycles. The van der Waals surface area contributed by atoms with Crippen LogP contribution in [0, 0.1) is 0 Å². The van der Waals surface area contributed by atoms with E-state index in [0.29, 0.717) is 45.6 Å². The largest absolute Gasteiger partial charge is 0.508 e. The minimum atomic E-state index is -0.405. The lowest BCUT2D eigenvalue weighted by molar-refractivity contribution is 0.0725. The van der Waals surface area contributed by atoms with Gasteiger partial charge in [-0.1, -0.05) is 49.7 Å². The van der Waals surface area contributed by atoms with Crippen molar-refractivity contribution in [1.82, 2.24) is 0 Å². The molecule has 0 aliphatic carbocycles. The van der Waals surface area contributed by atoms with E-state index >= 15 is 0 Å². The lowest BCUT2D eigenvalue weighted by Gasteiger charge is -2.10. The van der Waals surface area contributed by atoms with Crippen LogP contribution in [0.15, 0.2) is 152 Å². The Morgan fingerprint density at radius 3 is 1.33 bits per heavy atom. The van der Waals surface area contributed by atoms with Crippen LogP contribution in [-0.4, -0.2) is 22.2 Å². The van der Waals surface area contributed by atoms with Crippen LogP contribution in [0.4, 0.5) is 0 Å². The van der Waals surface area contributed by atoms with E-state index < -0.39 is 11.9 Å². The zero-order valence-electron chi connectivity index (χ0n) is 26.7.